The zero-order valence-electron chi connectivity index (χ0n) is 20.2. The third-order valence-electron chi connectivity index (χ3n) is 5.66. The quantitative estimate of drug-likeness (QED) is 0.0721. The van der Waals surface area contributed by atoms with Crippen LogP contribution in [0.5, 0.6) is 5.75 Å². The summed E-state index contributed by atoms with van der Waals surface area (Å²) in [6.45, 7) is 2.17. The minimum Gasteiger partial charge on any atom is -0.422 e. The van der Waals surface area contributed by atoms with Crippen LogP contribution in [0.2, 0.25) is 0 Å². The van der Waals surface area contributed by atoms with E-state index in [9.17, 15) is 9.59 Å². The van der Waals surface area contributed by atoms with Crippen LogP contribution in [0.3, 0.4) is 0 Å². The Bertz CT molecular complexity index is 1300. The predicted octanol–water partition coefficient (Wildman–Crippen LogP) is 6.55. The summed E-state index contributed by atoms with van der Waals surface area (Å²) in [5.74, 6) is 0.257. The number of unbranched alkanes of at least 4 members (excludes halogenated alkanes) is 4. The second kappa shape index (κ2) is 12.7. The first kappa shape index (κ1) is 25.2. The van der Waals surface area contributed by atoms with Gasteiger partial charge in [-0.2, -0.15) is 4.68 Å². The Morgan fingerprint density at radius 2 is 1.72 bits per heavy atom. The molecule has 36 heavy (non-hydrogen) atoms. The van der Waals surface area contributed by atoms with Gasteiger partial charge < -0.3 is 4.74 Å². The first-order chi connectivity index (χ1) is 17.7. The second-order valence-electron chi connectivity index (χ2n) is 8.33. The summed E-state index contributed by atoms with van der Waals surface area (Å²) in [6, 6.07) is 19.9. The van der Waals surface area contributed by atoms with Crippen molar-refractivity contribution in [1.82, 2.24) is 20.2 Å². The lowest BCUT2D eigenvalue weighted by atomic mass is 10.0. The molecule has 0 saturated heterocycles. The van der Waals surface area contributed by atoms with E-state index in [1.54, 1.807) is 30.3 Å². The van der Waals surface area contributed by atoms with Gasteiger partial charge in [0.1, 0.15) is 5.75 Å². The molecule has 2 heterocycles. The number of thiophene rings is 1. The van der Waals surface area contributed by atoms with Crippen molar-refractivity contribution < 1.29 is 14.3 Å². The number of carbonyl (C=O) groups excluding carboxylic acids is 2. The SMILES string of the molecule is CCCCCCCC(=O)c1ccc(OC(=O)/C(=C\c2cccs2)n2nnnc2-c2ccccc2)cc1. The third kappa shape index (κ3) is 6.60. The maximum atomic E-state index is 13.3. The second-order valence-corrected chi connectivity index (χ2v) is 9.31. The number of hydrogen-bond acceptors (Lipinski definition) is 7. The molecule has 0 fully saturated rings. The van der Waals surface area contributed by atoms with Crippen LogP contribution in [0.15, 0.2) is 72.1 Å². The van der Waals surface area contributed by atoms with E-state index in [4.69, 9.17) is 4.74 Å². The van der Waals surface area contributed by atoms with Gasteiger partial charge in [-0.1, -0.05) is 69.0 Å². The summed E-state index contributed by atoms with van der Waals surface area (Å²) in [6.07, 6.45) is 7.73. The Balaban J connectivity index is 1.50. The average molecular weight is 501 g/mol. The number of nitrogens with zero attached hydrogens (tertiary/aromatic N) is 4. The molecule has 4 aromatic rings. The van der Waals surface area contributed by atoms with Gasteiger partial charge in [-0.15, -0.1) is 16.4 Å². The lowest BCUT2D eigenvalue weighted by molar-refractivity contribution is -0.128. The molecule has 0 bridgehead atoms. The van der Waals surface area contributed by atoms with E-state index in [-0.39, 0.29) is 11.5 Å². The summed E-state index contributed by atoms with van der Waals surface area (Å²) in [4.78, 5) is 26.6. The average Bonchev–Trinajstić information content (AvgIpc) is 3.60. The van der Waals surface area contributed by atoms with Crippen molar-refractivity contribution >= 4 is 34.9 Å². The van der Waals surface area contributed by atoms with Gasteiger partial charge in [0.05, 0.1) is 0 Å². The highest BCUT2D eigenvalue weighted by molar-refractivity contribution is 7.10. The van der Waals surface area contributed by atoms with Crippen LogP contribution < -0.4 is 4.74 Å². The molecule has 0 atom stereocenters. The van der Waals surface area contributed by atoms with Gasteiger partial charge in [0.15, 0.2) is 17.3 Å². The van der Waals surface area contributed by atoms with Gasteiger partial charge in [0.25, 0.3) is 0 Å². The molecule has 0 saturated carbocycles. The highest BCUT2D eigenvalue weighted by atomic mass is 32.1. The number of esters is 1. The lowest BCUT2D eigenvalue weighted by Crippen LogP contribution is -2.17. The van der Waals surface area contributed by atoms with Crippen molar-refractivity contribution in [3.05, 3.63) is 82.6 Å². The Hall–Kier alpha value is -3.91. The zero-order chi connectivity index (χ0) is 25.2. The number of aromatic nitrogens is 4. The van der Waals surface area contributed by atoms with Crippen molar-refractivity contribution in [1.29, 1.82) is 0 Å². The van der Waals surface area contributed by atoms with Crippen LogP contribution in [0.1, 0.15) is 60.7 Å². The Labute approximate surface area is 214 Å². The molecule has 184 valence electrons. The minimum atomic E-state index is -0.608. The molecule has 0 amide bonds. The number of ether oxygens (including phenoxy) is 1. The number of tetrazole rings is 1. The van der Waals surface area contributed by atoms with E-state index < -0.39 is 5.97 Å². The summed E-state index contributed by atoms with van der Waals surface area (Å²) in [5, 5.41) is 13.9. The normalized spacial score (nSPS) is 11.4. The Morgan fingerprint density at radius 1 is 0.944 bits per heavy atom. The number of rotatable bonds is 12. The van der Waals surface area contributed by atoms with Crippen molar-refractivity contribution in [2.75, 3.05) is 0 Å². The molecule has 0 aliphatic heterocycles. The summed E-state index contributed by atoms with van der Waals surface area (Å²) >= 11 is 1.49. The fraction of sp³-hybridized carbons (Fsp3) is 0.250. The maximum absolute atomic E-state index is 13.3. The van der Waals surface area contributed by atoms with E-state index in [1.165, 1.54) is 28.9 Å². The van der Waals surface area contributed by atoms with E-state index in [0.717, 1.165) is 29.7 Å². The predicted molar refractivity (Wildman–Crippen MR) is 142 cm³/mol. The zero-order valence-corrected chi connectivity index (χ0v) is 21.0. The topological polar surface area (TPSA) is 87.0 Å². The number of Topliss-reactive ketones (excluding diaryl/α,β-unsaturated/α-hetero) is 1. The van der Waals surface area contributed by atoms with Crippen LogP contribution in [-0.2, 0) is 4.79 Å². The first-order valence-electron chi connectivity index (χ1n) is 12.1. The number of hydrogen-bond donors (Lipinski definition) is 0. The van der Waals surface area contributed by atoms with Gasteiger partial charge in [-0.05, 0) is 58.6 Å². The monoisotopic (exact) mass is 500 g/mol. The molecule has 0 aliphatic rings. The number of carbonyl (C=O) groups is 2. The molecular weight excluding hydrogens is 472 g/mol. The maximum Gasteiger partial charge on any atom is 0.362 e. The van der Waals surface area contributed by atoms with Crippen molar-refractivity contribution in [3.8, 4) is 17.1 Å². The largest absolute Gasteiger partial charge is 0.422 e. The van der Waals surface area contributed by atoms with E-state index >= 15 is 0 Å². The molecular formula is C28H28N4O3S. The van der Waals surface area contributed by atoms with Gasteiger partial charge in [-0.3, -0.25) is 4.79 Å². The van der Waals surface area contributed by atoms with Gasteiger partial charge in [0.2, 0.25) is 0 Å². The molecule has 4 rings (SSSR count). The van der Waals surface area contributed by atoms with Crippen LogP contribution in [0.4, 0.5) is 0 Å². The summed E-state index contributed by atoms with van der Waals surface area (Å²) in [7, 11) is 0. The van der Waals surface area contributed by atoms with Crippen molar-refractivity contribution in [2.24, 2.45) is 0 Å². The lowest BCUT2D eigenvalue weighted by Gasteiger charge is -2.10. The number of ketones is 1. The van der Waals surface area contributed by atoms with Crippen LogP contribution in [0.25, 0.3) is 23.2 Å². The molecule has 2 aromatic heterocycles. The smallest absolute Gasteiger partial charge is 0.362 e. The third-order valence-corrected chi connectivity index (χ3v) is 6.47. The molecule has 0 N–H and O–H groups in total. The molecule has 0 unspecified atom stereocenters. The van der Waals surface area contributed by atoms with E-state index in [1.807, 2.05) is 47.8 Å². The highest BCUT2D eigenvalue weighted by Gasteiger charge is 2.21. The fourth-order valence-corrected chi connectivity index (χ4v) is 4.38. The van der Waals surface area contributed by atoms with Gasteiger partial charge in [-0.25, -0.2) is 4.79 Å². The Kier molecular flexibility index (Phi) is 8.88. The fourth-order valence-electron chi connectivity index (χ4n) is 3.73. The molecule has 0 radical (unpaired) electrons. The molecule has 2 aromatic carbocycles. The van der Waals surface area contributed by atoms with Crippen LogP contribution in [0, 0.1) is 0 Å². The van der Waals surface area contributed by atoms with E-state index in [2.05, 4.69) is 22.4 Å². The minimum absolute atomic E-state index is 0.101. The van der Waals surface area contributed by atoms with Gasteiger partial charge in [0, 0.05) is 22.4 Å². The van der Waals surface area contributed by atoms with Crippen molar-refractivity contribution in [2.45, 2.75) is 45.4 Å². The Morgan fingerprint density at radius 3 is 2.44 bits per heavy atom. The first-order valence-corrected chi connectivity index (χ1v) is 13.0. The standard InChI is InChI=1S/C28H28N4O3S/c1-2-3-4-5-9-14-26(33)21-15-17-23(18-16-21)35-28(34)25(20-24-13-10-19-36-24)32-27(29-30-31-32)22-11-7-6-8-12-22/h6-8,10-13,15-20H,2-5,9,14H2,1H3/b25-20+. The van der Waals surface area contributed by atoms with E-state index in [0.29, 0.717) is 23.6 Å². The van der Waals surface area contributed by atoms with Crippen LogP contribution >= 0.6 is 11.3 Å². The van der Waals surface area contributed by atoms with Crippen molar-refractivity contribution in [3.63, 3.8) is 0 Å². The molecule has 7 nitrogen and oxygen atoms in total. The molecule has 0 aliphatic carbocycles. The molecule has 0 spiro atoms. The van der Waals surface area contributed by atoms with Crippen LogP contribution in [-0.4, -0.2) is 32.0 Å². The molecule has 8 heteroatoms. The summed E-state index contributed by atoms with van der Waals surface area (Å²) in [5.41, 5.74) is 1.56. The number of benzene rings is 2. The highest BCUT2D eigenvalue weighted by Crippen LogP contribution is 2.24. The van der Waals surface area contributed by atoms with Gasteiger partial charge >= 0.3 is 5.97 Å². The summed E-state index contributed by atoms with van der Waals surface area (Å²) < 4.78 is 7.05.